The van der Waals surface area contributed by atoms with E-state index in [0.717, 1.165) is 17.0 Å². The number of rotatable bonds is 8. The summed E-state index contributed by atoms with van der Waals surface area (Å²) in [5, 5.41) is 5.68. The first-order chi connectivity index (χ1) is 12.5. The summed E-state index contributed by atoms with van der Waals surface area (Å²) in [6, 6.07) is 3.36. The van der Waals surface area contributed by atoms with Crippen LogP contribution in [0, 0.1) is 18.8 Å². The monoisotopic (exact) mass is 375 g/mol. The van der Waals surface area contributed by atoms with Crippen molar-refractivity contribution in [1.29, 1.82) is 0 Å². The summed E-state index contributed by atoms with van der Waals surface area (Å²) in [4.78, 5) is 21.0. The lowest BCUT2D eigenvalue weighted by Gasteiger charge is -2.18. The zero-order chi connectivity index (χ0) is 18.5. The Kier molecular flexibility index (Phi) is 6.08. The number of pyridine rings is 1. The number of aromatic nitrogens is 2. The highest BCUT2D eigenvalue weighted by atomic mass is 32.1. The van der Waals surface area contributed by atoms with Gasteiger partial charge in [-0.1, -0.05) is 13.8 Å². The molecule has 1 saturated carbocycles. The van der Waals surface area contributed by atoms with E-state index in [4.69, 9.17) is 9.47 Å². The van der Waals surface area contributed by atoms with E-state index in [9.17, 15) is 4.79 Å². The quantitative estimate of drug-likeness (QED) is 0.735. The van der Waals surface area contributed by atoms with Crippen molar-refractivity contribution in [2.75, 3.05) is 6.61 Å². The van der Waals surface area contributed by atoms with Crippen molar-refractivity contribution in [3.63, 3.8) is 0 Å². The summed E-state index contributed by atoms with van der Waals surface area (Å²) in [7, 11) is 0. The maximum absolute atomic E-state index is 12.3. The molecule has 0 unspecified atom stereocenters. The van der Waals surface area contributed by atoms with Gasteiger partial charge in [0.25, 0.3) is 0 Å². The predicted octanol–water partition coefficient (Wildman–Crippen LogP) is 4.51. The SMILES string of the molecule is Cc1ccc(OC(=O)N[C@@H](CC(C)C)c2nccs2)nc1OCC1CC1. The minimum absolute atomic E-state index is 0.168. The average molecular weight is 375 g/mol. The predicted molar refractivity (Wildman–Crippen MR) is 101 cm³/mol. The lowest BCUT2D eigenvalue weighted by molar-refractivity contribution is 0.191. The molecule has 0 radical (unpaired) electrons. The number of hydrogen-bond acceptors (Lipinski definition) is 6. The lowest BCUT2D eigenvalue weighted by atomic mass is 10.0. The van der Waals surface area contributed by atoms with Crippen LogP contribution in [0.25, 0.3) is 0 Å². The second kappa shape index (κ2) is 8.49. The molecule has 1 amide bonds. The van der Waals surface area contributed by atoms with Crippen molar-refractivity contribution in [3.05, 3.63) is 34.3 Å². The molecule has 140 valence electrons. The Morgan fingerprint density at radius 2 is 2.19 bits per heavy atom. The van der Waals surface area contributed by atoms with E-state index in [2.05, 4.69) is 29.1 Å². The molecule has 0 aromatic carbocycles. The number of nitrogens with zero attached hydrogens (tertiary/aromatic N) is 2. The van der Waals surface area contributed by atoms with Crippen molar-refractivity contribution in [2.24, 2.45) is 11.8 Å². The molecule has 26 heavy (non-hydrogen) atoms. The van der Waals surface area contributed by atoms with Crippen molar-refractivity contribution in [3.8, 4) is 11.8 Å². The third-order valence-corrected chi connectivity index (χ3v) is 5.01. The molecule has 1 fully saturated rings. The van der Waals surface area contributed by atoms with Crippen LogP contribution >= 0.6 is 11.3 Å². The van der Waals surface area contributed by atoms with Gasteiger partial charge in [0.1, 0.15) is 5.01 Å². The van der Waals surface area contributed by atoms with Gasteiger partial charge >= 0.3 is 6.09 Å². The number of ether oxygens (including phenoxy) is 2. The molecule has 0 aliphatic heterocycles. The van der Waals surface area contributed by atoms with E-state index < -0.39 is 6.09 Å². The van der Waals surface area contributed by atoms with E-state index in [1.165, 1.54) is 24.2 Å². The number of carbonyl (C=O) groups is 1. The van der Waals surface area contributed by atoms with Crippen molar-refractivity contribution >= 4 is 17.4 Å². The summed E-state index contributed by atoms with van der Waals surface area (Å²) >= 11 is 1.52. The van der Waals surface area contributed by atoms with Crippen LogP contribution in [0.2, 0.25) is 0 Å². The second-order valence-electron chi connectivity index (χ2n) is 7.11. The molecule has 1 aliphatic rings. The van der Waals surface area contributed by atoms with E-state index in [-0.39, 0.29) is 11.9 Å². The van der Waals surface area contributed by atoms with Gasteiger partial charge in [-0.15, -0.1) is 11.3 Å². The Morgan fingerprint density at radius 1 is 1.38 bits per heavy atom. The van der Waals surface area contributed by atoms with Crippen molar-refractivity contribution < 1.29 is 14.3 Å². The van der Waals surface area contributed by atoms with Crippen LogP contribution in [0.15, 0.2) is 23.7 Å². The van der Waals surface area contributed by atoms with Gasteiger partial charge in [-0.3, -0.25) is 0 Å². The molecule has 0 spiro atoms. The Morgan fingerprint density at radius 3 is 2.85 bits per heavy atom. The molecule has 2 heterocycles. The number of hydrogen-bond donors (Lipinski definition) is 1. The second-order valence-corrected chi connectivity index (χ2v) is 8.04. The molecule has 1 N–H and O–H groups in total. The molecule has 2 aromatic rings. The Bertz CT molecular complexity index is 730. The smallest absolute Gasteiger partial charge is 0.414 e. The molecule has 2 aromatic heterocycles. The summed E-state index contributed by atoms with van der Waals surface area (Å²) in [6.45, 7) is 6.82. The van der Waals surface area contributed by atoms with Crippen LogP contribution in [0.5, 0.6) is 11.8 Å². The highest BCUT2D eigenvalue weighted by molar-refractivity contribution is 7.09. The normalized spacial score (nSPS) is 14.9. The van der Waals surface area contributed by atoms with Gasteiger partial charge in [0.05, 0.1) is 12.6 Å². The van der Waals surface area contributed by atoms with Gasteiger partial charge in [0.15, 0.2) is 0 Å². The van der Waals surface area contributed by atoms with Crippen LogP contribution in [-0.4, -0.2) is 22.7 Å². The Balaban J connectivity index is 1.61. The van der Waals surface area contributed by atoms with Crippen LogP contribution in [0.3, 0.4) is 0 Å². The third-order valence-electron chi connectivity index (χ3n) is 4.12. The third kappa shape index (κ3) is 5.42. The molecule has 0 saturated heterocycles. The van der Waals surface area contributed by atoms with Gasteiger partial charge in [0, 0.05) is 23.2 Å². The molecular weight excluding hydrogens is 350 g/mol. The minimum Gasteiger partial charge on any atom is -0.477 e. The average Bonchev–Trinajstić information content (AvgIpc) is 3.25. The zero-order valence-corrected chi connectivity index (χ0v) is 16.2. The van der Waals surface area contributed by atoms with Crippen LogP contribution in [-0.2, 0) is 0 Å². The molecule has 0 bridgehead atoms. The van der Waals surface area contributed by atoms with E-state index in [0.29, 0.717) is 24.3 Å². The topological polar surface area (TPSA) is 73.3 Å². The molecule has 7 heteroatoms. The molecule has 3 rings (SSSR count). The number of amides is 1. The lowest BCUT2D eigenvalue weighted by Crippen LogP contribution is -2.32. The minimum atomic E-state index is -0.532. The van der Waals surface area contributed by atoms with Crippen LogP contribution in [0.4, 0.5) is 4.79 Å². The number of nitrogens with one attached hydrogen (secondary N) is 1. The number of carbonyl (C=O) groups excluding carboxylic acids is 1. The fourth-order valence-corrected chi connectivity index (χ4v) is 3.25. The Labute approximate surface area is 158 Å². The van der Waals surface area contributed by atoms with Gasteiger partial charge in [-0.2, -0.15) is 4.98 Å². The maximum Gasteiger partial charge on any atom is 0.414 e. The molecule has 1 aliphatic carbocycles. The first-order valence-corrected chi connectivity index (χ1v) is 9.87. The van der Waals surface area contributed by atoms with Crippen LogP contribution in [0.1, 0.15) is 49.7 Å². The Hall–Kier alpha value is -2.15. The summed E-state index contributed by atoms with van der Waals surface area (Å²) in [6.07, 6.45) is 4.43. The van der Waals surface area contributed by atoms with E-state index >= 15 is 0 Å². The first kappa shape index (κ1) is 18.6. The summed E-state index contributed by atoms with van der Waals surface area (Å²) < 4.78 is 11.1. The van der Waals surface area contributed by atoms with Gasteiger partial charge in [-0.25, -0.2) is 9.78 Å². The highest BCUT2D eigenvalue weighted by Gasteiger charge is 2.23. The fraction of sp³-hybridized carbons (Fsp3) is 0.526. The molecular formula is C19H25N3O3S. The maximum atomic E-state index is 12.3. The van der Waals surface area contributed by atoms with E-state index in [1.54, 1.807) is 12.3 Å². The fourth-order valence-electron chi connectivity index (χ4n) is 2.54. The van der Waals surface area contributed by atoms with Gasteiger partial charge in [0.2, 0.25) is 11.8 Å². The van der Waals surface area contributed by atoms with Crippen molar-refractivity contribution in [1.82, 2.24) is 15.3 Å². The number of thiazole rings is 1. The first-order valence-electron chi connectivity index (χ1n) is 8.99. The standard InChI is InChI=1S/C19H25N3O3S/c1-12(2)10-15(18-20-8-9-26-18)21-19(23)25-16-7-4-13(3)17(22-16)24-11-14-5-6-14/h4,7-9,12,14-15H,5-6,10-11H2,1-3H3,(H,21,23)/t15-/m0/s1. The zero-order valence-electron chi connectivity index (χ0n) is 15.4. The number of aryl methyl sites for hydroxylation is 1. The van der Waals surface area contributed by atoms with Crippen molar-refractivity contribution in [2.45, 2.75) is 46.1 Å². The van der Waals surface area contributed by atoms with Gasteiger partial charge in [-0.05, 0) is 44.1 Å². The highest BCUT2D eigenvalue weighted by Crippen LogP contribution is 2.30. The van der Waals surface area contributed by atoms with Gasteiger partial charge < -0.3 is 14.8 Å². The van der Waals surface area contributed by atoms with Crippen LogP contribution < -0.4 is 14.8 Å². The summed E-state index contributed by atoms with van der Waals surface area (Å²) in [5.41, 5.74) is 0.930. The largest absolute Gasteiger partial charge is 0.477 e. The summed E-state index contributed by atoms with van der Waals surface area (Å²) in [5.74, 6) is 1.82. The van der Waals surface area contributed by atoms with E-state index in [1.807, 2.05) is 18.4 Å². The molecule has 6 nitrogen and oxygen atoms in total. The molecule has 1 atom stereocenters.